The van der Waals surface area contributed by atoms with Gasteiger partial charge in [0.15, 0.2) is 0 Å². The second-order valence-corrected chi connectivity index (χ2v) is 3.15. The van der Waals surface area contributed by atoms with Gasteiger partial charge in [-0.2, -0.15) is 0 Å². The summed E-state index contributed by atoms with van der Waals surface area (Å²) in [6.45, 7) is 0. The highest BCUT2D eigenvalue weighted by Crippen LogP contribution is 2.23. The zero-order valence-corrected chi connectivity index (χ0v) is 8.80. The Morgan fingerprint density at radius 1 is 1.43 bits per heavy atom. The van der Waals surface area contributed by atoms with Crippen LogP contribution >= 0.6 is 11.6 Å². The van der Waals surface area contributed by atoms with Crippen LogP contribution in [0, 0.1) is 0 Å². The quantitative estimate of drug-likeness (QED) is 0.723. The van der Waals surface area contributed by atoms with Crippen molar-refractivity contribution in [3.8, 4) is 5.75 Å². The van der Waals surface area contributed by atoms with E-state index in [0.717, 1.165) is 5.56 Å². The lowest BCUT2D eigenvalue weighted by atomic mass is 10.1. The highest BCUT2D eigenvalue weighted by atomic mass is 35.5. The van der Waals surface area contributed by atoms with Crippen LogP contribution in [-0.4, -0.2) is 20.2 Å². The van der Waals surface area contributed by atoms with Crippen molar-refractivity contribution in [1.82, 2.24) is 0 Å². The highest BCUT2D eigenvalue weighted by Gasteiger charge is 2.08. The Bertz CT molecular complexity index is 336. The first kappa shape index (κ1) is 10.9. The fraction of sp³-hybridized carbons (Fsp3) is 0.300. The monoisotopic (exact) mass is 214 g/mol. The van der Waals surface area contributed by atoms with Gasteiger partial charge in [-0.05, 0) is 12.1 Å². The Hall–Kier alpha value is -1.22. The molecule has 0 spiro atoms. The minimum Gasteiger partial charge on any atom is -0.496 e. The van der Waals surface area contributed by atoms with E-state index in [9.17, 15) is 4.79 Å². The molecule has 76 valence electrons. The average Bonchev–Trinajstić information content (AvgIpc) is 2.20. The summed E-state index contributed by atoms with van der Waals surface area (Å²) in [5, 5.41) is 0.579. The number of ether oxygens (including phenoxy) is 2. The number of halogens is 1. The van der Waals surface area contributed by atoms with Crippen LogP contribution in [0.5, 0.6) is 5.75 Å². The van der Waals surface area contributed by atoms with Gasteiger partial charge in [0.1, 0.15) is 5.75 Å². The fourth-order valence-electron chi connectivity index (χ4n) is 1.09. The molecule has 1 rings (SSSR count). The molecule has 1 aromatic rings. The van der Waals surface area contributed by atoms with Crippen LogP contribution in [0.15, 0.2) is 18.2 Å². The number of benzene rings is 1. The van der Waals surface area contributed by atoms with Crippen molar-refractivity contribution in [2.75, 3.05) is 14.2 Å². The maximum atomic E-state index is 11.0. The third kappa shape index (κ3) is 2.64. The van der Waals surface area contributed by atoms with Crippen LogP contribution in [-0.2, 0) is 16.0 Å². The Morgan fingerprint density at radius 3 is 2.71 bits per heavy atom. The summed E-state index contributed by atoms with van der Waals surface area (Å²) in [6, 6.07) is 5.13. The van der Waals surface area contributed by atoms with Crippen molar-refractivity contribution in [2.24, 2.45) is 0 Å². The normalized spacial score (nSPS) is 9.64. The van der Waals surface area contributed by atoms with E-state index in [-0.39, 0.29) is 12.4 Å². The number of carbonyl (C=O) groups is 1. The molecule has 14 heavy (non-hydrogen) atoms. The number of carbonyl (C=O) groups excluding carboxylic acids is 1. The van der Waals surface area contributed by atoms with E-state index in [2.05, 4.69) is 4.74 Å². The minimum absolute atomic E-state index is 0.191. The summed E-state index contributed by atoms with van der Waals surface area (Å²) in [5.41, 5.74) is 0.767. The zero-order valence-electron chi connectivity index (χ0n) is 8.04. The molecule has 0 saturated heterocycles. The van der Waals surface area contributed by atoms with Crippen LogP contribution in [0.25, 0.3) is 0 Å². The Labute approximate surface area is 87.6 Å². The first-order valence-corrected chi connectivity index (χ1v) is 4.44. The molecule has 0 bridgehead atoms. The van der Waals surface area contributed by atoms with Crippen molar-refractivity contribution in [2.45, 2.75) is 6.42 Å². The molecular formula is C10H11ClO3. The molecule has 0 unspecified atom stereocenters. The van der Waals surface area contributed by atoms with Gasteiger partial charge in [0.2, 0.25) is 0 Å². The SMILES string of the molecule is COC(=O)Cc1ccc(Cl)cc1OC. The van der Waals surface area contributed by atoms with Crippen LogP contribution in [0.1, 0.15) is 5.56 Å². The van der Waals surface area contributed by atoms with Gasteiger partial charge in [-0.15, -0.1) is 0 Å². The Kier molecular flexibility index (Phi) is 3.77. The maximum Gasteiger partial charge on any atom is 0.310 e. The molecular weight excluding hydrogens is 204 g/mol. The standard InChI is InChI=1S/C10H11ClO3/c1-13-9-6-8(11)4-3-7(9)5-10(12)14-2/h3-4,6H,5H2,1-2H3. The second kappa shape index (κ2) is 4.86. The first-order valence-electron chi connectivity index (χ1n) is 4.06. The molecule has 0 saturated carbocycles. The van der Waals surface area contributed by atoms with Gasteiger partial charge >= 0.3 is 5.97 Å². The molecule has 0 radical (unpaired) electrons. The molecule has 4 heteroatoms. The predicted octanol–water partition coefficient (Wildman–Crippen LogP) is 2.06. The van der Waals surface area contributed by atoms with E-state index in [0.29, 0.717) is 10.8 Å². The number of esters is 1. The summed E-state index contributed by atoms with van der Waals surface area (Å²) < 4.78 is 9.64. The molecule has 0 heterocycles. The summed E-state index contributed by atoms with van der Waals surface area (Å²) in [4.78, 5) is 11.0. The lowest BCUT2D eigenvalue weighted by Gasteiger charge is -2.07. The van der Waals surface area contributed by atoms with Crippen molar-refractivity contribution in [3.63, 3.8) is 0 Å². The van der Waals surface area contributed by atoms with Gasteiger partial charge in [0, 0.05) is 10.6 Å². The Morgan fingerprint density at radius 2 is 2.14 bits per heavy atom. The van der Waals surface area contributed by atoms with Crippen molar-refractivity contribution in [3.05, 3.63) is 28.8 Å². The second-order valence-electron chi connectivity index (χ2n) is 2.71. The van der Waals surface area contributed by atoms with Crippen LogP contribution in [0.4, 0.5) is 0 Å². The van der Waals surface area contributed by atoms with Crippen molar-refractivity contribution >= 4 is 17.6 Å². The first-order chi connectivity index (χ1) is 6.67. The molecule has 0 amide bonds. The summed E-state index contributed by atoms with van der Waals surface area (Å²) >= 11 is 5.77. The summed E-state index contributed by atoms with van der Waals surface area (Å²) in [6.07, 6.45) is 0.191. The van der Waals surface area contributed by atoms with Crippen LogP contribution in [0.3, 0.4) is 0 Å². The average molecular weight is 215 g/mol. The molecule has 0 fully saturated rings. The fourth-order valence-corrected chi connectivity index (χ4v) is 1.25. The zero-order chi connectivity index (χ0) is 10.6. The van der Waals surface area contributed by atoms with E-state index in [1.54, 1.807) is 18.2 Å². The van der Waals surface area contributed by atoms with E-state index in [4.69, 9.17) is 16.3 Å². The number of rotatable bonds is 3. The number of methoxy groups -OCH3 is 2. The van der Waals surface area contributed by atoms with Gasteiger partial charge in [0.25, 0.3) is 0 Å². The maximum absolute atomic E-state index is 11.0. The minimum atomic E-state index is -0.300. The number of hydrogen-bond acceptors (Lipinski definition) is 3. The van der Waals surface area contributed by atoms with Gasteiger partial charge in [-0.1, -0.05) is 17.7 Å². The van der Waals surface area contributed by atoms with Crippen LogP contribution < -0.4 is 4.74 Å². The molecule has 0 atom stereocenters. The van der Waals surface area contributed by atoms with Gasteiger partial charge < -0.3 is 9.47 Å². The third-order valence-electron chi connectivity index (χ3n) is 1.81. The largest absolute Gasteiger partial charge is 0.496 e. The summed E-state index contributed by atoms with van der Waals surface area (Å²) in [5.74, 6) is 0.300. The number of hydrogen-bond donors (Lipinski definition) is 0. The van der Waals surface area contributed by atoms with Crippen molar-refractivity contribution < 1.29 is 14.3 Å². The van der Waals surface area contributed by atoms with Crippen molar-refractivity contribution in [1.29, 1.82) is 0 Å². The van der Waals surface area contributed by atoms with Gasteiger partial charge in [0.05, 0.1) is 20.6 Å². The predicted molar refractivity (Wildman–Crippen MR) is 53.7 cm³/mol. The van der Waals surface area contributed by atoms with Crippen LogP contribution in [0.2, 0.25) is 5.02 Å². The summed E-state index contributed by atoms with van der Waals surface area (Å²) in [7, 11) is 2.89. The van der Waals surface area contributed by atoms with E-state index < -0.39 is 0 Å². The molecule has 0 aliphatic heterocycles. The molecule has 0 N–H and O–H groups in total. The lowest BCUT2D eigenvalue weighted by Crippen LogP contribution is -2.05. The molecule has 0 aromatic heterocycles. The highest BCUT2D eigenvalue weighted by molar-refractivity contribution is 6.30. The molecule has 0 aliphatic rings. The van der Waals surface area contributed by atoms with E-state index >= 15 is 0 Å². The van der Waals surface area contributed by atoms with E-state index in [1.807, 2.05) is 0 Å². The third-order valence-corrected chi connectivity index (χ3v) is 2.05. The molecule has 1 aromatic carbocycles. The lowest BCUT2D eigenvalue weighted by molar-refractivity contribution is -0.139. The topological polar surface area (TPSA) is 35.5 Å². The smallest absolute Gasteiger partial charge is 0.310 e. The Balaban J connectivity index is 2.90. The van der Waals surface area contributed by atoms with Gasteiger partial charge in [-0.25, -0.2) is 0 Å². The molecule has 3 nitrogen and oxygen atoms in total. The van der Waals surface area contributed by atoms with Gasteiger partial charge in [-0.3, -0.25) is 4.79 Å². The van der Waals surface area contributed by atoms with E-state index in [1.165, 1.54) is 14.2 Å². The molecule has 0 aliphatic carbocycles.